The fourth-order valence-corrected chi connectivity index (χ4v) is 1.45. The molecular weight excluding hydrogens is 264 g/mol. The minimum absolute atomic E-state index is 0.0746. The maximum Gasteiger partial charge on any atom is 0.313 e. The van der Waals surface area contributed by atoms with Gasteiger partial charge in [-0.05, 0) is 12.1 Å². The highest BCUT2D eigenvalue weighted by atomic mass is 16.7. The van der Waals surface area contributed by atoms with Crippen LogP contribution in [0.3, 0.4) is 0 Å². The van der Waals surface area contributed by atoms with Crippen molar-refractivity contribution in [2.24, 2.45) is 0 Å². The molecule has 0 radical (unpaired) electrons. The Balaban J connectivity index is 2.55. The summed E-state index contributed by atoms with van der Waals surface area (Å²) in [5.74, 6) is -1.10. The summed E-state index contributed by atoms with van der Waals surface area (Å²) < 4.78 is 14.9. The number of amides is 2. The Kier molecular flexibility index (Phi) is 6.48. The molecule has 7 nitrogen and oxygen atoms in total. The van der Waals surface area contributed by atoms with Gasteiger partial charge in [0.2, 0.25) is 0 Å². The van der Waals surface area contributed by atoms with Crippen molar-refractivity contribution in [3.63, 3.8) is 0 Å². The van der Waals surface area contributed by atoms with E-state index in [1.807, 2.05) is 0 Å². The summed E-state index contributed by atoms with van der Waals surface area (Å²) in [5.41, 5.74) is 0.421. The number of nitrogens with one attached hydrogen (secondary N) is 2. The lowest BCUT2D eigenvalue weighted by Crippen LogP contribution is -2.40. The molecule has 1 rings (SSSR count). The normalized spacial score (nSPS) is 10.2. The molecule has 0 saturated carbocycles. The predicted molar refractivity (Wildman–Crippen MR) is 72.4 cm³/mol. The van der Waals surface area contributed by atoms with Gasteiger partial charge in [-0.3, -0.25) is 9.59 Å². The molecule has 0 atom stereocenters. The van der Waals surface area contributed by atoms with Crippen LogP contribution in [0.2, 0.25) is 0 Å². The molecule has 0 spiro atoms. The zero-order chi connectivity index (χ0) is 15.0. The SMILES string of the molecule is COc1ccccc1NC(=O)C(=O)NCC(OC)OC. The van der Waals surface area contributed by atoms with Crippen molar-refractivity contribution in [3.05, 3.63) is 24.3 Å². The highest BCUT2D eigenvalue weighted by Gasteiger charge is 2.17. The Morgan fingerprint density at radius 2 is 1.75 bits per heavy atom. The summed E-state index contributed by atoms with van der Waals surface area (Å²) in [6.07, 6.45) is -0.599. The molecule has 1 aromatic carbocycles. The number of rotatable bonds is 6. The van der Waals surface area contributed by atoms with E-state index in [0.29, 0.717) is 11.4 Å². The number of carbonyl (C=O) groups is 2. The smallest absolute Gasteiger partial charge is 0.313 e. The quantitative estimate of drug-likeness (QED) is 0.581. The molecule has 0 aliphatic carbocycles. The molecule has 1 aromatic rings. The van der Waals surface area contributed by atoms with Gasteiger partial charge < -0.3 is 24.8 Å². The van der Waals surface area contributed by atoms with Crippen LogP contribution in [0.4, 0.5) is 5.69 Å². The Labute approximate surface area is 117 Å². The van der Waals surface area contributed by atoms with E-state index in [4.69, 9.17) is 14.2 Å². The zero-order valence-electron chi connectivity index (χ0n) is 11.6. The van der Waals surface area contributed by atoms with Crippen molar-refractivity contribution in [2.75, 3.05) is 33.2 Å². The Bertz CT molecular complexity index is 460. The molecule has 0 heterocycles. The average molecular weight is 282 g/mol. The first kappa shape index (κ1) is 15.9. The third-order valence-corrected chi connectivity index (χ3v) is 2.52. The van der Waals surface area contributed by atoms with Crippen LogP contribution in [-0.2, 0) is 19.1 Å². The van der Waals surface area contributed by atoms with Crippen molar-refractivity contribution in [1.29, 1.82) is 0 Å². The number of hydrogen-bond donors (Lipinski definition) is 2. The average Bonchev–Trinajstić information content (AvgIpc) is 2.48. The largest absolute Gasteiger partial charge is 0.495 e. The first-order valence-electron chi connectivity index (χ1n) is 5.90. The molecule has 110 valence electrons. The van der Waals surface area contributed by atoms with Gasteiger partial charge in [0.25, 0.3) is 0 Å². The molecule has 2 N–H and O–H groups in total. The van der Waals surface area contributed by atoms with Gasteiger partial charge >= 0.3 is 11.8 Å². The van der Waals surface area contributed by atoms with Crippen molar-refractivity contribution in [2.45, 2.75) is 6.29 Å². The standard InChI is InChI=1S/C13H18N2O5/c1-18-10-7-5-4-6-9(10)15-13(17)12(16)14-8-11(19-2)20-3/h4-7,11H,8H2,1-3H3,(H,14,16)(H,15,17). The molecule has 0 aliphatic rings. The van der Waals surface area contributed by atoms with Crippen molar-refractivity contribution < 1.29 is 23.8 Å². The number of para-hydroxylation sites is 2. The molecule has 2 amide bonds. The summed E-state index contributed by atoms with van der Waals surface area (Å²) in [6, 6.07) is 6.80. The highest BCUT2D eigenvalue weighted by molar-refractivity contribution is 6.39. The summed E-state index contributed by atoms with van der Waals surface area (Å²) >= 11 is 0. The second-order valence-electron chi connectivity index (χ2n) is 3.77. The molecule has 0 aromatic heterocycles. The summed E-state index contributed by atoms with van der Waals surface area (Å²) in [5, 5.41) is 4.86. The second-order valence-corrected chi connectivity index (χ2v) is 3.77. The fourth-order valence-electron chi connectivity index (χ4n) is 1.45. The van der Waals surface area contributed by atoms with E-state index in [1.54, 1.807) is 24.3 Å². The van der Waals surface area contributed by atoms with Gasteiger partial charge in [0.15, 0.2) is 6.29 Å². The monoisotopic (exact) mass is 282 g/mol. The van der Waals surface area contributed by atoms with Crippen LogP contribution in [0.5, 0.6) is 5.75 Å². The van der Waals surface area contributed by atoms with Crippen LogP contribution < -0.4 is 15.4 Å². The van der Waals surface area contributed by atoms with Crippen LogP contribution in [-0.4, -0.2) is 46.0 Å². The maximum atomic E-state index is 11.7. The van der Waals surface area contributed by atoms with Gasteiger partial charge in [-0.1, -0.05) is 12.1 Å². The third kappa shape index (κ3) is 4.52. The maximum absolute atomic E-state index is 11.7. The fraction of sp³-hybridized carbons (Fsp3) is 0.385. The van der Waals surface area contributed by atoms with Gasteiger partial charge in [-0.15, -0.1) is 0 Å². The highest BCUT2D eigenvalue weighted by Crippen LogP contribution is 2.22. The topological polar surface area (TPSA) is 85.9 Å². The van der Waals surface area contributed by atoms with Crippen LogP contribution in [0.1, 0.15) is 0 Å². The number of benzene rings is 1. The van der Waals surface area contributed by atoms with E-state index in [-0.39, 0.29) is 6.54 Å². The van der Waals surface area contributed by atoms with Crippen LogP contribution in [0, 0.1) is 0 Å². The molecule has 20 heavy (non-hydrogen) atoms. The number of methoxy groups -OCH3 is 3. The van der Waals surface area contributed by atoms with Gasteiger partial charge in [-0.25, -0.2) is 0 Å². The Morgan fingerprint density at radius 1 is 1.10 bits per heavy atom. The van der Waals surface area contributed by atoms with Crippen LogP contribution in [0.25, 0.3) is 0 Å². The summed E-state index contributed by atoms with van der Waals surface area (Å²) in [7, 11) is 4.36. The van der Waals surface area contributed by atoms with Gasteiger partial charge in [0.05, 0.1) is 19.3 Å². The van der Waals surface area contributed by atoms with E-state index >= 15 is 0 Å². The number of anilines is 1. The van der Waals surface area contributed by atoms with Crippen LogP contribution >= 0.6 is 0 Å². The van der Waals surface area contributed by atoms with E-state index in [9.17, 15) is 9.59 Å². The van der Waals surface area contributed by atoms with Crippen molar-refractivity contribution >= 4 is 17.5 Å². The molecule has 0 aliphatic heterocycles. The molecule has 0 bridgehead atoms. The lowest BCUT2D eigenvalue weighted by Gasteiger charge is -2.14. The van der Waals surface area contributed by atoms with E-state index in [2.05, 4.69) is 10.6 Å². The Morgan fingerprint density at radius 3 is 2.35 bits per heavy atom. The van der Waals surface area contributed by atoms with Crippen molar-refractivity contribution in [3.8, 4) is 5.75 Å². The van der Waals surface area contributed by atoms with E-state index < -0.39 is 18.1 Å². The van der Waals surface area contributed by atoms with E-state index in [1.165, 1.54) is 21.3 Å². The number of ether oxygens (including phenoxy) is 3. The first-order valence-corrected chi connectivity index (χ1v) is 5.90. The third-order valence-electron chi connectivity index (χ3n) is 2.52. The first-order chi connectivity index (χ1) is 9.62. The minimum Gasteiger partial charge on any atom is -0.495 e. The molecule has 7 heteroatoms. The van der Waals surface area contributed by atoms with E-state index in [0.717, 1.165) is 0 Å². The second kappa shape index (κ2) is 8.13. The van der Waals surface area contributed by atoms with Crippen molar-refractivity contribution in [1.82, 2.24) is 5.32 Å². The molecular formula is C13H18N2O5. The van der Waals surface area contributed by atoms with Gasteiger partial charge in [0, 0.05) is 14.2 Å². The lowest BCUT2D eigenvalue weighted by atomic mass is 10.3. The van der Waals surface area contributed by atoms with Crippen LogP contribution in [0.15, 0.2) is 24.3 Å². The van der Waals surface area contributed by atoms with Gasteiger partial charge in [-0.2, -0.15) is 0 Å². The molecule has 0 fully saturated rings. The molecule has 0 unspecified atom stereocenters. The zero-order valence-corrected chi connectivity index (χ0v) is 11.6. The predicted octanol–water partition coefficient (Wildman–Crippen LogP) is 0.369. The number of hydrogen-bond acceptors (Lipinski definition) is 5. The lowest BCUT2D eigenvalue weighted by molar-refractivity contribution is -0.139. The molecule has 0 saturated heterocycles. The van der Waals surface area contributed by atoms with Gasteiger partial charge in [0.1, 0.15) is 5.75 Å². The number of carbonyl (C=O) groups excluding carboxylic acids is 2. The summed E-state index contributed by atoms with van der Waals surface area (Å²) in [4.78, 5) is 23.3. The summed E-state index contributed by atoms with van der Waals surface area (Å²) in [6.45, 7) is 0.0746. The minimum atomic E-state index is -0.791. The Hall–Kier alpha value is -2.12.